The molecule has 1 unspecified atom stereocenters. The van der Waals surface area contributed by atoms with Crippen LogP contribution in [0.5, 0.6) is 0 Å². The van der Waals surface area contributed by atoms with Crippen LogP contribution in [-0.2, 0) is 16.0 Å². The maximum atomic E-state index is 10.6. The summed E-state index contributed by atoms with van der Waals surface area (Å²) in [6.45, 7) is 1.32. The van der Waals surface area contributed by atoms with E-state index >= 15 is 0 Å². The van der Waals surface area contributed by atoms with Crippen molar-refractivity contribution < 1.29 is 14.6 Å². The van der Waals surface area contributed by atoms with E-state index in [1.807, 2.05) is 24.3 Å². The van der Waals surface area contributed by atoms with Crippen LogP contribution in [0.4, 0.5) is 0 Å². The second-order valence-corrected chi connectivity index (χ2v) is 3.88. The molecule has 0 bridgehead atoms. The van der Waals surface area contributed by atoms with Crippen molar-refractivity contribution in [3.8, 4) is 0 Å². The average Bonchev–Trinajstić information content (AvgIpc) is 2.83. The summed E-state index contributed by atoms with van der Waals surface area (Å²) in [5.74, 6) is -0.336. The van der Waals surface area contributed by atoms with Gasteiger partial charge in [-0.1, -0.05) is 12.1 Å². The van der Waals surface area contributed by atoms with Crippen molar-refractivity contribution in [2.24, 2.45) is 10.7 Å². The Morgan fingerprint density at radius 1 is 1.47 bits per heavy atom. The van der Waals surface area contributed by atoms with Gasteiger partial charge in [0.25, 0.3) is 0 Å². The molecule has 0 aliphatic carbocycles. The minimum atomic E-state index is -0.988. The van der Waals surface area contributed by atoms with Gasteiger partial charge in [0.2, 0.25) is 5.90 Å². The molecule has 0 spiro atoms. The third kappa shape index (κ3) is 2.82. The number of nitrogens with two attached hydrogens (primary N) is 1. The Labute approximate surface area is 98.9 Å². The van der Waals surface area contributed by atoms with Crippen molar-refractivity contribution in [2.45, 2.75) is 12.5 Å². The topological polar surface area (TPSA) is 84.9 Å². The Morgan fingerprint density at radius 2 is 2.18 bits per heavy atom. The van der Waals surface area contributed by atoms with Crippen LogP contribution in [0.15, 0.2) is 29.3 Å². The molecule has 1 atom stereocenters. The normalized spacial score (nSPS) is 16.2. The van der Waals surface area contributed by atoms with Gasteiger partial charge in [-0.05, 0) is 24.1 Å². The molecule has 0 fully saturated rings. The first-order chi connectivity index (χ1) is 8.16. The number of aliphatic carboxylic acids is 1. The molecule has 1 aliphatic rings. The molecule has 5 heteroatoms. The molecule has 3 N–H and O–H groups in total. The molecule has 1 heterocycles. The van der Waals surface area contributed by atoms with E-state index in [1.54, 1.807) is 0 Å². The number of carboxylic acid groups (broad SMARTS) is 1. The molecule has 0 saturated heterocycles. The zero-order valence-corrected chi connectivity index (χ0v) is 9.30. The van der Waals surface area contributed by atoms with Gasteiger partial charge in [0.05, 0.1) is 6.54 Å². The lowest BCUT2D eigenvalue weighted by Crippen LogP contribution is -2.32. The number of hydrogen-bond donors (Lipinski definition) is 2. The highest BCUT2D eigenvalue weighted by Crippen LogP contribution is 2.10. The van der Waals surface area contributed by atoms with Crippen LogP contribution in [0.3, 0.4) is 0 Å². The van der Waals surface area contributed by atoms with Crippen LogP contribution >= 0.6 is 0 Å². The molecule has 90 valence electrons. The van der Waals surface area contributed by atoms with E-state index in [1.165, 1.54) is 0 Å². The fraction of sp³-hybridized carbons (Fsp3) is 0.333. The number of nitrogens with zero attached hydrogens (tertiary/aromatic N) is 1. The Morgan fingerprint density at radius 3 is 2.71 bits per heavy atom. The van der Waals surface area contributed by atoms with E-state index in [4.69, 9.17) is 15.6 Å². The molecule has 5 nitrogen and oxygen atoms in total. The van der Waals surface area contributed by atoms with Crippen molar-refractivity contribution in [3.63, 3.8) is 0 Å². The van der Waals surface area contributed by atoms with E-state index in [0.29, 0.717) is 25.5 Å². The second-order valence-electron chi connectivity index (χ2n) is 3.88. The summed E-state index contributed by atoms with van der Waals surface area (Å²) in [6.07, 6.45) is 0.322. The average molecular weight is 234 g/mol. The minimum absolute atomic E-state index is 0.322. The Balaban J connectivity index is 2.05. The number of carboxylic acids is 1. The Bertz CT molecular complexity index is 440. The highest BCUT2D eigenvalue weighted by molar-refractivity contribution is 5.94. The fourth-order valence-electron chi connectivity index (χ4n) is 1.63. The predicted octanol–water partition coefficient (Wildman–Crippen LogP) is 0.418. The minimum Gasteiger partial charge on any atom is -0.480 e. The van der Waals surface area contributed by atoms with E-state index in [-0.39, 0.29) is 0 Å². The number of hydrogen-bond acceptors (Lipinski definition) is 4. The van der Waals surface area contributed by atoms with Gasteiger partial charge in [0, 0.05) is 5.56 Å². The summed E-state index contributed by atoms with van der Waals surface area (Å²) in [5, 5.41) is 8.71. The van der Waals surface area contributed by atoms with Crippen molar-refractivity contribution in [3.05, 3.63) is 35.4 Å². The van der Waals surface area contributed by atoms with Gasteiger partial charge in [-0.25, -0.2) is 4.99 Å². The monoisotopic (exact) mass is 234 g/mol. The molecule has 0 saturated carbocycles. The maximum Gasteiger partial charge on any atom is 0.320 e. The lowest BCUT2D eigenvalue weighted by Gasteiger charge is -2.07. The molecule has 17 heavy (non-hydrogen) atoms. The molecule has 1 aliphatic heterocycles. The van der Waals surface area contributed by atoms with Crippen LogP contribution < -0.4 is 5.73 Å². The smallest absolute Gasteiger partial charge is 0.320 e. The second kappa shape index (κ2) is 4.97. The number of aliphatic imine (C=N–C) groups is 1. The molecule has 0 radical (unpaired) electrons. The number of rotatable bonds is 4. The summed E-state index contributed by atoms with van der Waals surface area (Å²) in [6, 6.07) is 6.58. The maximum absolute atomic E-state index is 10.6. The van der Waals surface area contributed by atoms with Crippen LogP contribution in [-0.4, -0.2) is 36.2 Å². The molecule has 1 aromatic rings. The van der Waals surface area contributed by atoms with Gasteiger partial charge in [0.1, 0.15) is 12.6 Å². The van der Waals surface area contributed by atoms with E-state index in [2.05, 4.69) is 4.99 Å². The highest BCUT2D eigenvalue weighted by atomic mass is 16.5. The van der Waals surface area contributed by atoms with Crippen LogP contribution in [0, 0.1) is 0 Å². The number of carbonyl (C=O) groups is 1. The third-order valence-electron chi connectivity index (χ3n) is 2.56. The molecule has 1 aromatic carbocycles. The quantitative estimate of drug-likeness (QED) is 0.790. The standard InChI is InChI=1S/C12H14N2O3/c13-10(12(15)16)7-8-1-3-9(4-2-8)11-14-5-6-17-11/h1-4,10H,5-7,13H2,(H,15,16). The van der Waals surface area contributed by atoms with Crippen molar-refractivity contribution >= 4 is 11.9 Å². The highest BCUT2D eigenvalue weighted by Gasteiger charge is 2.13. The molecule has 0 amide bonds. The summed E-state index contributed by atoms with van der Waals surface area (Å²) >= 11 is 0. The van der Waals surface area contributed by atoms with Gasteiger partial charge in [-0.15, -0.1) is 0 Å². The van der Waals surface area contributed by atoms with Crippen molar-refractivity contribution in [1.82, 2.24) is 0 Å². The molecule has 2 rings (SSSR count). The number of ether oxygens (including phenoxy) is 1. The molecular formula is C12H14N2O3. The van der Waals surface area contributed by atoms with Crippen LogP contribution in [0.1, 0.15) is 11.1 Å². The first kappa shape index (κ1) is 11.6. The summed E-state index contributed by atoms with van der Waals surface area (Å²) in [4.78, 5) is 14.8. The van der Waals surface area contributed by atoms with Gasteiger partial charge in [0.15, 0.2) is 0 Å². The molecule has 0 aromatic heterocycles. The largest absolute Gasteiger partial charge is 0.480 e. The lowest BCUT2D eigenvalue weighted by molar-refractivity contribution is -0.138. The summed E-state index contributed by atoms with van der Waals surface area (Å²) in [5.41, 5.74) is 7.26. The predicted molar refractivity (Wildman–Crippen MR) is 63.1 cm³/mol. The first-order valence-electron chi connectivity index (χ1n) is 5.42. The van der Waals surface area contributed by atoms with Gasteiger partial charge in [-0.2, -0.15) is 0 Å². The van der Waals surface area contributed by atoms with Gasteiger partial charge in [-0.3, -0.25) is 4.79 Å². The van der Waals surface area contributed by atoms with Crippen molar-refractivity contribution in [1.29, 1.82) is 0 Å². The third-order valence-corrected chi connectivity index (χ3v) is 2.56. The van der Waals surface area contributed by atoms with E-state index in [9.17, 15) is 4.79 Å². The van der Waals surface area contributed by atoms with Crippen LogP contribution in [0.25, 0.3) is 0 Å². The van der Waals surface area contributed by atoms with Gasteiger partial charge < -0.3 is 15.6 Å². The van der Waals surface area contributed by atoms with Crippen molar-refractivity contribution in [2.75, 3.05) is 13.2 Å². The van der Waals surface area contributed by atoms with Gasteiger partial charge >= 0.3 is 5.97 Å². The Hall–Kier alpha value is -1.88. The zero-order chi connectivity index (χ0) is 12.3. The number of benzene rings is 1. The SMILES string of the molecule is NC(Cc1ccc(C2=NCCO2)cc1)C(=O)O. The fourth-order valence-corrected chi connectivity index (χ4v) is 1.63. The van der Waals surface area contributed by atoms with Crippen LogP contribution in [0.2, 0.25) is 0 Å². The Kier molecular flexibility index (Phi) is 3.39. The zero-order valence-electron chi connectivity index (χ0n) is 9.30. The molecular weight excluding hydrogens is 220 g/mol. The van der Waals surface area contributed by atoms with E-state index < -0.39 is 12.0 Å². The summed E-state index contributed by atoms with van der Waals surface area (Å²) in [7, 11) is 0. The first-order valence-corrected chi connectivity index (χ1v) is 5.42. The summed E-state index contributed by atoms with van der Waals surface area (Å²) < 4.78 is 5.33. The lowest BCUT2D eigenvalue weighted by atomic mass is 10.0. The van der Waals surface area contributed by atoms with E-state index in [0.717, 1.165) is 11.1 Å².